The molecule has 0 radical (unpaired) electrons. The van der Waals surface area contributed by atoms with Crippen LogP contribution in [0, 0.1) is 0 Å². The maximum Gasteiger partial charge on any atom is 0.335 e. The van der Waals surface area contributed by atoms with Gasteiger partial charge in [-0.25, -0.2) is 4.79 Å². The molecular weight excluding hydrogens is 306 g/mol. The fourth-order valence-corrected chi connectivity index (χ4v) is 3.78. The fourth-order valence-electron chi connectivity index (χ4n) is 3.78. The van der Waals surface area contributed by atoms with Gasteiger partial charge in [0.15, 0.2) is 0 Å². The number of morpholine rings is 1. The van der Waals surface area contributed by atoms with Crippen LogP contribution in [0.2, 0.25) is 0 Å². The van der Waals surface area contributed by atoms with Crippen molar-refractivity contribution in [2.24, 2.45) is 0 Å². The van der Waals surface area contributed by atoms with Gasteiger partial charge in [-0.3, -0.25) is 4.79 Å². The second-order valence-corrected chi connectivity index (χ2v) is 6.91. The quantitative estimate of drug-likeness (QED) is 0.921. The van der Waals surface area contributed by atoms with Crippen molar-refractivity contribution in [1.82, 2.24) is 4.90 Å². The Hall–Kier alpha value is -1.88. The van der Waals surface area contributed by atoms with Crippen LogP contribution >= 0.6 is 0 Å². The van der Waals surface area contributed by atoms with Crippen molar-refractivity contribution in [3.63, 3.8) is 0 Å². The van der Waals surface area contributed by atoms with Crippen LogP contribution in [0.25, 0.3) is 0 Å². The molecule has 3 rings (SSSR count). The molecule has 5 nitrogen and oxygen atoms in total. The molecule has 5 heteroatoms. The highest BCUT2D eigenvalue weighted by molar-refractivity contribution is 5.87. The number of aromatic carboxylic acids is 1. The average Bonchev–Trinajstić information content (AvgIpc) is 2.60. The van der Waals surface area contributed by atoms with E-state index in [-0.39, 0.29) is 17.1 Å². The smallest absolute Gasteiger partial charge is 0.335 e. The molecule has 1 amide bonds. The SMILES string of the molecule is O=C(O)c1ccc(CCC(=O)N2CCOC3(CCCCC3)C2)cc1. The normalized spacial score (nSPS) is 20.1. The second-order valence-electron chi connectivity index (χ2n) is 6.91. The van der Waals surface area contributed by atoms with E-state index < -0.39 is 5.97 Å². The van der Waals surface area contributed by atoms with Crippen LogP contribution in [0.1, 0.15) is 54.4 Å². The van der Waals surface area contributed by atoms with Crippen molar-refractivity contribution >= 4 is 11.9 Å². The van der Waals surface area contributed by atoms with E-state index in [0.717, 1.165) is 24.9 Å². The number of carboxylic acid groups (broad SMARTS) is 1. The van der Waals surface area contributed by atoms with Crippen LogP contribution in [-0.4, -0.2) is 47.2 Å². The Bertz CT molecular complexity index is 584. The summed E-state index contributed by atoms with van der Waals surface area (Å²) in [4.78, 5) is 25.4. The molecular formula is C19H25NO4. The van der Waals surface area contributed by atoms with Gasteiger partial charge < -0.3 is 14.7 Å². The largest absolute Gasteiger partial charge is 0.478 e. The minimum absolute atomic E-state index is 0.102. The van der Waals surface area contributed by atoms with Crippen molar-refractivity contribution in [2.45, 2.75) is 50.5 Å². The summed E-state index contributed by atoms with van der Waals surface area (Å²) in [6.07, 6.45) is 6.88. The zero-order valence-corrected chi connectivity index (χ0v) is 14.0. The minimum atomic E-state index is -0.927. The molecule has 130 valence electrons. The van der Waals surface area contributed by atoms with Gasteiger partial charge in [0.25, 0.3) is 0 Å². The van der Waals surface area contributed by atoms with E-state index in [1.165, 1.54) is 19.3 Å². The molecule has 0 bridgehead atoms. The number of nitrogens with zero attached hydrogens (tertiary/aromatic N) is 1. The first-order chi connectivity index (χ1) is 11.6. The highest BCUT2D eigenvalue weighted by Crippen LogP contribution is 2.34. The van der Waals surface area contributed by atoms with Crippen molar-refractivity contribution in [1.29, 1.82) is 0 Å². The summed E-state index contributed by atoms with van der Waals surface area (Å²) in [5, 5.41) is 8.91. The first-order valence-corrected chi connectivity index (χ1v) is 8.82. The molecule has 0 unspecified atom stereocenters. The Morgan fingerprint density at radius 3 is 2.50 bits per heavy atom. The standard InChI is InChI=1S/C19H25NO4/c21-17(9-6-15-4-7-16(8-5-15)18(22)23)20-12-13-24-19(14-20)10-2-1-3-11-19/h4-5,7-8H,1-3,6,9-14H2,(H,22,23). The highest BCUT2D eigenvalue weighted by atomic mass is 16.5. The van der Waals surface area contributed by atoms with Crippen molar-refractivity contribution in [3.8, 4) is 0 Å². The molecule has 1 heterocycles. The van der Waals surface area contributed by atoms with Crippen LogP contribution in [0.3, 0.4) is 0 Å². The van der Waals surface area contributed by atoms with Gasteiger partial charge in [-0.1, -0.05) is 31.4 Å². The lowest BCUT2D eigenvalue weighted by atomic mass is 9.83. The zero-order valence-electron chi connectivity index (χ0n) is 14.0. The van der Waals surface area contributed by atoms with E-state index in [0.29, 0.717) is 26.0 Å². The van der Waals surface area contributed by atoms with Gasteiger partial charge in [0.1, 0.15) is 0 Å². The molecule has 1 aromatic rings. The van der Waals surface area contributed by atoms with Crippen molar-refractivity contribution in [2.75, 3.05) is 19.7 Å². The molecule has 0 atom stereocenters. The number of hydrogen-bond acceptors (Lipinski definition) is 3. The third kappa shape index (κ3) is 3.96. The summed E-state index contributed by atoms with van der Waals surface area (Å²) in [7, 11) is 0. The number of ether oxygens (including phenoxy) is 1. The first kappa shape index (κ1) is 17.0. The van der Waals surface area contributed by atoms with E-state index in [1.807, 2.05) is 4.90 Å². The summed E-state index contributed by atoms with van der Waals surface area (Å²) in [5.41, 5.74) is 1.17. The predicted octanol–water partition coefficient (Wildman–Crippen LogP) is 2.88. The highest BCUT2D eigenvalue weighted by Gasteiger charge is 2.38. The summed E-state index contributed by atoms with van der Waals surface area (Å²) in [5.74, 6) is -0.755. The van der Waals surface area contributed by atoms with Gasteiger partial charge in [0.05, 0.1) is 17.8 Å². The van der Waals surface area contributed by atoms with Gasteiger partial charge in [0, 0.05) is 19.5 Å². The maximum atomic E-state index is 12.5. The lowest BCUT2D eigenvalue weighted by molar-refractivity contribution is -0.156. The Balaban J connectivity index is 1.53. The Morgan fingerprint density at radius 2 is 1.83 bits per heavy atom. The molecule has 1 spiro atoms. The summed E-state index contributed by atoms with van der Waals surface area (Å²) in [6.45, 7) is 2.04. The van der Waals surface area contributed by atoms with Crippen LogP contribution in [0.5, 0.6) is 0 Å². The maximum absolute atomic E-state index is 12.5. The molecule has 1 saturated carbocycles. The molecule has 1 saturated heterocycles. The number of aryl methyl sites for hydroxylation is 1. The fraction of sp³-hybridized carbons (Fsp3) is 0.579. The molecule has 1 aliphatic carbocycles. The number of rotatable bonds is 4. The Kier molecular flexibility index (Phi) is 5.19. The summed E-state index contributed by atoms with van der Waals surface area (Å²) < 4.78 is 6.04. The number of amides is 1. The number of hydrogen-bond donors (Lipinski definition) is 1. The number of carbonyl (C=O) groups is 2. The molecule has 1 N–H and O–H groups in total. The molecule has 1 aromatic carbocycles. The third-order valence-corrected chi connectivity index (χ3v) is 5.19. The van der Waals surface area contributed by atoms with E-state index in [9.17, 15) is 9.59 Å². The van der Waals surface area contributed by atoms with Crippen LogP contribution in [0.15, 0.2) is 24.3 Å². The topological polar surface area (TPSA) is 66.8 Å². The minimum Gasteiger partial charge on any atom is -0.478 e. The van der Waals surface area contributed by atoms with Crippen molar-refractivity contribution in [3.05, 3.63) is 35.4 Å². The van der Waals surface area contributed by atoms with E-state index in [1.54, 1.807) is 24.3 Å². The first-order valence-electron chi connectivity index (χ1n) is 8.82. The van der Waals surface area contributed by atoms with Gasteiger partial charge in [-0.2, -0.15) is 0 Å². The third-order valence-electron chi connectivity index (χ3n) is 5.19. The van der Waals surface area contributed by atoms with Gasteiger partial charge in [-0.15, -0.1) is 0 Å². The van der Waals surface area contributed by atoms with E-state index in [4.69, 9.17) is 9.84 Å². The van der Waals surface area contributed by atoms with E-state index >= 15 is 0 Å². The number of carbonyl (C=O) groups excluding carboxylic acids is 1. The average molecular weight is 331 g/mol. The van der Waals surface area contributed by atoms with E-state index in [2.05, 4.69) is 0 Å². The lowest BCUT2D eigenvalue weighted by Crippen LogP contribution is -2.54. The molecule has 24 heavy (non-hydrogen) atoms. The van der Waals surface area contributed by atoms with Gasteiger partial charge in [-0.05, 0) is 37.0 Å². The van der Waals surface area contributed by atoms with Crippen molar-refractivity contribution < 1.29 is 19.4 Å². The van der Waals surface area contributed by atoms with Crippen LogP contribution in [-0.2, 0) is 16.0 Å². The lowest BCUT2D eigenvalue weighted by Gasteiger charge is -2.45. The number of carboxylic acids is 1. The Morgan fingerprint density at radius 1 is 1.12 bits per heavy atom. The van der Waals surface area contributed by atoms with Crippen LogP contribution in [0.4, 0.5) is 0 Å². The molecule has 0 aromatic heterocycles. The molecule has 2 aliphatic rings. The zero-order chi connectivity index (χ0) is 17.0. The van der Waals surface area contributed by atoms with Gasteiger partial charge >= 0.3 is 5.97 Å². The van der Waals surface area contributed by atoms with Crippen LogP contribution < -0.4 is 0 Å². The Labute approximate surface area is 142 Å². The predicted molar refractivity (Wildman–Crippen MR) is 90.1 cm³/mol. The summed E-state index contributed by atoms with van der Waals surface area (Å²) >= 11 is 0. The second kappa shape index (κ2) is 7.34. The monoisotopic (exact) mass is 331 g/mol. The van der Waals surface area contributed by atoms with Gasteiger partial charge in [0.2, 0.25) is 5.91 Å². The molecule has 1 aliphatic heterocycles. The summed E-state index contributed by atoms with van der Waals surface area (Å²) in [6, 6.07) is 6.76. The number of benzene rings is 1. The molecule has 2 fully saturated rings.